The molecule has 0 aliphatic rings. The molecule has 16 heavy (non-hydrogen) atoms. The van der Waals surface area contributed by atoms with E-state index in [4.69, 9.17) is 11.6 Å². The van der Waals surface area contributed by atoms with Crippen LogP contribution >= 0.6 is 11.6 Å². The smallest absolute Gasteiger partial charge is 0.193 e. The maximum absolute atomic E-state index is 12.1. The molecule has 0 aliphatic heterocycles. The third kappa shape index (κ3) is 3.07. The number of Topliss-reactive ketones (excluding diaryl/α,β-unsaturated/α-hetero) is 1. The minimum Gasteiger partial charge on any atom is -0.383 e. The number of pyridine rings is 1. The lowest BCUT2D eigenvalue weighted by molar-refractivity contribution is 0.102. The van der Waals surface area contributed by atoms with Crippen LogP contribution in [-0.2, 0) is 0 Å². The number of ketones is 1. The molecule has 0 aromatic carbocycles. The summed E-state index contributed by atoms with van der Waals surface area (Å²) in [5.74, 6) is -0.0608. The average Bonchev–Trinajstić information content (AvgIpc) is 2.25. The molecule has 0 saturated heterocycles. The number of carbonyl (C=O) groups is 1. The average molecular weight is 239 g/mol. The van der Waals surface area contributed by atoms with Gasteiger partial charge in [-0.1, -0.05) is 18.5 Å². The number of allylic oxidation sites excluding steroid dienone is 1. The molecule has 1 aromatic rings. The van der Waals surface area contributed by atoms with E-state index in [1.165, 1.54) is 0 Å². The summed E-state index contributed by atoms with van der Waals surface area (Å²) < 4.78 is 0. The molecule has 0 atom stereocenters. The Morgan fingerprint density at radius 3 is 2.75 bits per heavy atom. The van der Waals surface area contributed by atoms with E-state index in [1.807, 2.05) is 32.1 Å². The number of halogens is 1. The lowest BCUT2D eigenvalue weighted by atomic mass is 10.0. The first kappa shape index (κ1) is 12.7. The SMILES string of the molecule is CC/C(=C\N(C)C)C(=O)c1cccnc1Cl. The van der Waals surface area contributed by atoms with Crippen molar-refractivity contribution < 1.29 is 4.79 Å². The van der Waals surface area contributed by atoms with Crippen molar-refractivity contribution in [1.29, 1.82) is 0 Å². The zero-order valence-electron chi connectivity index (χ0n) is 9.70. The van der Waals surface area contributed by atoms with Gasteiger partial charge >= 0.3 is 0 Å². The topological polar surface area (TPSA) is 33.2 Å². The third-order valence-corrected chi connectivity index (χ3v) is 2.39. The summed E-state index contributed by atoms with van der Waals surface area (Å²) in [7, 11) is 3.77. The second kappa shape index (κ2) is 5.66. The monoisotopic (exact) mass is 238 g/mol. The van der Waals surface area contributed by atoms with Crippen molar-refractivity contribution in [2.45, 2.75) is 13.3 Å². The van der Waals surface area contributed by atoms with Crippen molar-refractivity contribution >= 4 is 17.4 Å². The minimum absolute atomic E-state index is 0.0608. The van der Waals surface area contributed by atoms with Gasteiger partial charge in [-0.15, -0.1) is 0 Å². The first-order valence-corrected chi connectivity index (χ1v) is 5.46. The number of carbonyl (C=O) groups excluding carboxylic acids is 1. The summed E-state index contributed by atoms with van der Waals surface area (Å²) in [6.07, 6.45) is 4.05. The molecule has 0 amide bonds. The highest BCUT2D eigenvalue weighted by Gasteiger charge is 2.14. The van der Waals surface area contributed by atoms with E-state index in [1.54, 1.807) is 18.3 Å². The zero-order chi connectivity index (χ0) is 12.1. The van der Waals surface area contributed by atoms with Crippen molar-refractivity contribution in [2.24, 2.45) is 0 Å². The van der Waals surface area contributed by atoms with Crippen LogP contribution in [0.1, 0.15) is 23.7 Å². The standard InChI is InChI=1S/C12H15ClN2O/c1-4-9(8-15(2)3)11(16)10-6-5-7-14-12(10)13/h5-8H,4H2,1-3H3/b9-8+. The maximum atomic E-state index is 12.1. The molecule has 1 aromatic heterocycles. The predicted molar refractivity (Wildman–Crippen MR) is 65.6 cm³/mol. The van der Waals surface area contributed by atoms with Crippen molar-refractivity contribution in [3.05, 3.63) is 40.8 Å². The fourth-order valence-corrected chi connectivity index (χ4v) is 1.56. The number of hydrogen-bond acceptors (Lipinski definition) is 3. The highest BCUT2D eigenvalue weighted by molar-refractivity contribution is 6.33. The third-order valence-electron chi connectivity index (χ3n) is 2.09. The molecule has 0 spiro atoms. The fourth-order valence-electron chi connectivity index (χ4n) is 1.35. The van der Waals surface area contributed by atoms with Crippen LogP contribution in [0, 0.1) is 0 Å². The summed E-state index contributed by atoms with van der Waals surface area (Å²) in [6, 6.07) is 3.40. The molecule has 0 N–H and O–H groups in total. The summed E-state index contributed by atoms with van der Waals surface area (Å²) in [5, 5.41) is 0.255. The van der Waals surface area contributed by atoms with Crippen LogP contribution in [-0.4, -0.2) is 29.8 Å². The Morgan fingerprint density at radius 2 is 2.25 bits per heavy atom. The van der Waals surface area contributed by atoms with Gasteiger partial charge in [0.15, 0.2) is 5.78 Å². The van der Waals surface area contributed by atoms with E-state index in [0.717, 1.165) is 5.57 Å². The van der Waals surface area contributed by atoms with Crippen LogP contribution in [0.3, 0.4) is 0 Å². The van der Waals surface area contributed by atoms with Crippen molar-refractivity contribution in [3.8, 4) is 0 Å². The molecule has 0 bridgehead atoms. The van der Waals surface area contributed by atoms with Crippen LogP contribution in [0.5, 0.6) is 0 Å². The van der Waals surface area contributed by atoms with E-state index in [2.05, 4.69) is 4.98 Å². The van der Waals surface area contributed by atoms with Crippen LogP contribution < -0.4 is 0 Å². The Kier molecular flexibility index (Phi) is 4.50. The molecule has 86 valence electrons. The lowest BCUT2D eigenvalue weighted by Gasteiger charge is -2.10. The quantitative estimate of drug-likeness (QED) is 0.460. The van der Waals surface area contributed by atoms with Crippen molar-refractivity contribution in [1.82, 2.24) is 9.88 Å². The fraction of sp³-hybridized carbons (Fsp3) is 0.333. The summed E-state index contributed by atoms with van der Waals surface area (Å²) >= 11 is 5.88. The van der Waals surface area contributed by atoms with Crippen LogP contribution in [0.15, 0.2) is 30.1 Å². The largest absolute Gasteiger partial charge is 0.383 e. The normalized spacial score (nSPS) is 11.4. The molecule has 4 heteroatoms. The van der Waals surface area contributed by atoms with E-state index < -0.39 is 0 Å². The van der Waals surface area contributed by atoms with Gasteiger partial charge in [-0.25, -0.2) is 4.98 Å². The highest BCUT2D eigenvalue weighted by Crippen LogP contribution is 2.18. The van der Waals surface area contributed by atoms with E-state index in [0.29, 0.717) is 12.0 Å². The molecule has 0 aliphatic carbocycles. The van der Waals surface area contributed by atoms with E-state index >= 15 is 0 Å². The second-order valence-electron chi connectivity index (χ2n) is 3.64. The molecule has 0 fully saturated rings. The molecule has 1 rings (SSSR count). The van der Waals surface area contributed by atoms with E-state index in [-0.39, 0.29) is 10.9 Å². The summed E-state index contributed by atoms with van der Waals surface area (Å²) in [4.78, 5) is 17.9. The van der Waals surface area contributed by atoms with Gasteiger partial charge in [-0.2, -0.15) is 0 Å². The number of aromatic nitrogens is 1. The van der Waals surface area contributed by atoms with Crippen molar-refractivity contribution in [3.63, 3.8) is 0 Å². The van der Waals surface area contributed by atoms with Gasteiger partial charge < -0.3 is 4.90 Å². The van der Waals surface area contributed by atoms with Gasteiger partial charge in [0.2, 0.25) is 0 Å². The predicted octanol–water partition coefficient (Wildman–Crippen LogP) is 2.77. The van der Waals surface area contributed by atoms with Gasteiger partial charge in [-0.05, 0) is 18.6 Å². The van der Waals surface area contributed by atoms with Gasteiger partial charge in [0, 0.05) is 32.1 Å². The Balaban J connectivity index is 3.06. The number of hydrogen-bond donors (Lipinski definition) is 0. The van der Waals surface area contributed by atoms with Crippen LogP contribution in [0.2, 0.25) is 5.15 Å². The highest BCUT2D eigenvalue weighted by atomic mass is 35.5. The Morgan fingerprint density at radius 1 is 1.56 bits per heavy atom. The van der Waals surface area contributed by atoms with Crippen LogP contribution in [0.4, 0.5) is 0 Å². The van der Waals surface area contributed by atoms with Gasteiger partial charge in [0.05, 0.1) is 5.56 Å². The Labute approximate surface area is 101 Å². The molecule has 0 saturated carbocycles. The van der Waals surface area contributed by atoms with Gasteiger partial charge in [0.25, 0.3) is 0 Å². The molecular formula is C12H15ClN2O. The van der Waals surface area contributed by atoms with Gasteiger partial charge in [-0.3, -0.25) is 4.79 Å². The Bertz CT molecular complexity index is 413. The van der Waals surface area contributed by atoms with E-state index in [9.17, 15) is 4.79 Å². The second-order valence-corrected chi connectivity index (χ2v) is 4.00. The first-order valence-electron chi connectivity index (χ1n) is 5.08. The lowest BCUT2D eigenvalue weighted by Crippen LogP contribution is -2.10. The number of rotatable bonds is 4. The maximum Gasteiger partial charge on any atom is 0.193 e. The minimum atomic E-state index is -0.0608. The molecule has 0 radical (unpaired) electrons. The summed E-state index contributed by atoms with van der Waals surface area (Å²) in [5.41, 5.74) is 1.18. The zero-order valence-corrected chi connectivity index (χ0v) is 10.5. The molecule has 1 heterocycles. The summed E-state index contributed by atoms with van der Waals surface area (Å²) in [6.45, 7) is 1.94. The molecule has 0 unspecified atom stereocenters. The molecular weight excluding hydrogens is 224 g/mol. The number of nitrogens with zero attached hydrogens (tertiary/aromatic N) is 2. The Hall–Kier alpha value is -1.35. The van der Waals surface area contributed by atoms with Crippen molar-refractivity contribution in [2.75, 3.05) is 14.1 Å². The van der Waals surface area contributed by atoms with Crippen LogP contribution in [0.25, 0.3) is 0 Å². The van der Waals surface area contributed by atoms with Gasteiger partial charge in [0.1, 0.15) is 5.15 Å². The molecule has 3 nitrogen and oxygen atoms in total. The first-order chi connectivity index (χ1) is 7.56.